The number of halogens is 3. The molecule has 11 nitrogen and oxygen atoms in total. The molecule has 274 valence electrons. The second-order valence-electron chi connectivity index (χ2n) is 14.3. The molecule has 51 heavy (non-hydrogen) atoms. The molecule has 0 saturated carbocycles. The lowest BCUT2D eigenvalue weighted by atomic mass is 9.86. The summed E-state index contributed by atoms with van der Waals surface area (Å²) < 4.78 is 58.7. The van der Waals surface area contributed by atoms with E-state index in [-0.39, 0.29) is 16.3 Å². The van der Waals surface area contributed by atoms with Gasteiger partial charge < -0.3 is 14.8 Å². The van der Waals surface area contributed by atoms with Gasteiger partial charge in [-0.2, -0.15) is 23.4 Å². The second kappa shape index (κ2) is 14.2. The fourth-order valence-electron chi connectivity index (χ4n) is 8.25. The number of benzene rings is 1. The Hall–Kier alpha value is -3.33. The van der Waals surface area contributed by atoms with Gasteiger partial charge in [-0.25, -0.2) is 18.2 Å². The quantitative estimate of drug-likeness (QED) is 0.237. The Morgan fingerprint density at radius 2 is 1.82 bits per heavy atom. The van der Waals surface area contributed by atoms with Gasteiger partial charge in [0.25, 0.3) is 0 Å². The zero-order valence-electron chi connectivity index (χ0n) is 29.5. The molecule has 3 atom stereocenters. The lowest BCUT2D eigenvalue weighted by Crippen LogP contribution is -2.52. The van der Waals surface area contributed by atoms with E-state index in [0.29, 0.717) is 34.2 Å². The lowest BCUT2D eigenvalue weighted by Gasteiger charge is -2.37. The van der Waals surface area contributed by atoms with Crippen molar-refractivity contribution in [3.8, 4) is 6.07 Å². The summed E-state index contributed by atoms with van der Waals surface area (Å²) in [5, 5.41) is 14.9. The Bertz CT molecular complexity index is 1980. The highest BCUT2D eigenvalue weighted by atomic mass is 32.2. The summed E-state index contributed by atoms with van der Waals surface area (Å²) in [6.45, 7) is 12.5. The van der Waals surface area contributed by atoms with Crippen molar-refractivity contribution in [3.05, 3.63) is 46.0 Å². The highest BCUT2D eigenvalue weighted by Gasteiger charge is 2.44. The van der Waals surface area contributed by atoms with E-state index in [0.717, 1.165) is 94.0 Å². The molecule has 16 heteroatoms. The normalized spacial score (nSPS) is 22.0. The molecule has 2 N–H and O–H groups in total. The molecule has 0 amide bonds. The number of aryl methyl sites for hydroxylation is 1. The van der Waals surface area contributed by atoms with Crippen molar-refractivity contribution >= 4 is 55.4 Å². The summed E-state index contributed by atoms with van der Waals surface area (Å²) in [7, 11) is 3.44. The molecule has 7 rings (SSSR count). The Morgan fingerprint density at radius 1 is 1.06 bits per heavy atom. The summed E-state index contributed by atoms with van der Waals surface area (Å²) in [5.74, 6) is 1.13. The van der Waals surface area contributed by atoms with Crippen molar-refractivity contribution in [1.29, 1.82) is 5.26 Å². The highest BCUT2D eigenvalue weighted by Crippen LogP contribution is 2.44. The van der Waals surface area contributed by atoms with E-state index in [1.165, 1.54) is 11.1 Å². The molecule has 3 saturated heterocycles. The first-order valence-corrected chi connectivity index (χ1v) is 19.4. The monoisotopic (exact) mass is 742 g/mol. The van der Waals surface area contributed by atoms with Crippen LogP contribution < -0.4 is 14.9 Å². The number of piperazine rings is 1. The smallest absolute Gasteiger partial charge is 0.357 e. The highest BCUT2D eigenvalue weighted by molar-refractivity contribution is 7.80. The maximum absolute atomic E-state index is 13.2. The van der Waals surface area contributed by atoms with Gasteiger partial charge in [0.1, 0.15) is 22.4 Å². The Morgan fingerprint density at radius 3 is 2.53 bits per heavy atom. The standard InChI is InChI=1S/C35H45F3N10OS2/c1-23(45-11-13-47(14-12-45)51(49)41-4)19-48-26(18-39)15-28-24(2)25(5-6-30(28)48)20-44-9-7-34(21-44)8-10-46(22-34)31-29-16-27(17-35(36,37)38)50-32(29)43-33(40-3)42-31/h5-6,15-16,23,41H,7-14,17,19-22H2,1-4H3,(H,40,42,43). The number of rotatable bonds is 10. The van der Waals surface area contributed by atoms with Crippen LogP contribution >= 0.6 is 11.3 Å². The average molecular weight is 743 g/mol. The van der Waals surface area contributed by atoms with Crippen LogP contribution in [0, 0.1) is 23.7 Å². The van der Waals surface area contributed by atoms with E-state index in [4.69, 9.17) is 4.98 Å². The maximum Gasteiger partial charge on any atom is 0.393 e. The van der Waals surface area contributed by atoms with Gasteiger partial charge in [0.05, 0.1) is 11.8 Å². The van der Waals surface area contributed by atoms with Crippen LogP contribution in [0.2, 0.25) is 0 Å². The molecule has 1 aromatic carbocycles. The zero-order chi connectivity index (χ0) is 36.1. The minimum atomic E-state index is -4.28. The van der Waals surface area contributed by atoms with Crippen molar-refractivity contribution in [1.82, 2.24) is 33.4 Å². The molecule has 1 spiro atoms. The van der Waals surface area contributed by atoms with Gasteiger partial charge in [0, 0.05) is 93.2 Å². The minimum Gasteiger partial charge on any atom is -0.357 e. The molecule has 3 aliphatic heterocycles. The summed E-state index contributed by atoms with van der Waals surface area (Å²) in [6.07, 6.45) is -3.19. The third-order valence-corrected chi connectivity index (χ3v) is 13.2. The van der Waals surface area contributed by atoms with E-state index in [9.17, 15) is 22.6 Å². The Labute approximate surface area is 303 Å². The predicted molar refractivity (Wildman–Crippen MR) is 197 cm³/mol. The number of nitrogens with zero attached hydrogens (tertiary/aromatic N) is 8. The Kier molecular flexibility index (Phi) is 10.1. The molecule has 4 aromatic rings. The number of likely N-dealkylation sites (tertiary alicyclic amines) is 1. The van der Waals surface area contributed by atoms with E-state index >= 15 is 0 Å². The molecule has 3 aromatic heterocycles. The molecule has 3 unspecified atom stereocenters. The van der Waals surface area contributed by atoms with Crippen LogP contribution in [-0.2, 0) is 30.7 Å². The van der Waals surface area contributed by atoms with Crippen LogP contribution in [0.25, 0.3) is 21.1 Å². The van der Waals surface area contributed by atoms with Crippen molar-refractivity contribution < 1.29 is 17.4 Å². The summed E-state index contributed by atoms with van der Waals surface area (Å²) in [5.41, 5.74) is 4.27. The number of nitriles is 1. The molecule has 6 heterocycles. The fourth-order valence-corrected chi connectivity index (χ4v) is 10.1. The number of hydrogen-bond acceptors (Lipinski definition) is 9. The molecule has 0 aliphatic carbocycles. The van der Waals surface area contributed by atoms with Gasteiger partial charge in [-0.3, -0.25) is 9.80 Å². The number of anilines is 2. The summed E-state index contributed by atoms with van der Waals surface area (Å²) in [4.78, 5) is 17.2. The number of nitrogens with one attached hydrogen (secondary N) is 2. The van der Waals surface area contributed by atoms with E-state index in [2.05, 4.69) is 66.3 Å². The van der Waals surface area contributed by atoms with Crippen LogP contribution in [0.4, 0.5) is 24.9 Å². The van der Waals surface area contributed by atoms with Crippen molar-refractivity contribution in [2.75, 3.05) is 76.7 Å². The van der Waals surface area contributed by atoms with Crippen molar-refractivity contribution in [2.24, 2.45) is 5.41 Å². The number of thiophene rings is 1. The van der Waals surface area contributed by atoms with Gasteiger partial charge in [-0.05, 0) is 69.6 Å². The maximum atomic E-state index is 13.2. The second-order valence-corrected chi connectivity index (χ2v) is 16.8. The van der Waals surface area contributed by atoms with Crippen LogP contribution in [0.15, 0.2) is 24.3 Å². The minimum absolute atomic E-state index is 0.0843. The van der Waals surface area contributed by atoms with Gasteiger partial charge in [0.2, 0.25) is 5.95 Å². The number of hydrogen-bond donors (Lipinski definition) is 2. The van der Waals surface area contributed by atoms with Crippen molar-refractivity contribution in [2.45, 2.75) is 58.4 Å². The predicted octanol–water partition coefficient (Wildman–Crippen LogP) is 4.88. The fraction of sp³-hybridized carbons (Fsp3) is 0.571. The first-order valence-electron chi connectivity index (χ1n) is 17.5. The molecular formula is C35H45F3N10OS2. The lowest BCUT2D eigenvalue weighted by molar-refractivity contribution is -0.126. The topological polar surface area (TPSA) is 109 Å². The molecule has 0 radical (unpaired) electrons. The number of aromatic nitrogens is 3. The molecule has 3 fully saturated rings. The number of alkyl halides is 3. The van der Waals surface area contributed by atoms with Crippen LogP contribution in [0.1, 0.15) is 41.5 Å². The molecule has 0 bridgehead atoms. The zero-order valence-corrected chi connectivity index (χ0v) is 31.1. The van der Waals surface area contributed by atoms with Gasteiger partial charge in [-0.15, -0.1) is 11.3 Å². The van der Waals surface area contributed by atoms with Crippen LogP contribution in [-0.4, -0.2) is 112 Å². The molecule has 3 aliphatic rings. The van der Waals surface area contributed by atoms with E-state index in [1.807, 2.05) is 10.4 Å². The third kappa shape index (κ3) is 7.34. The largest absolute Gasteiger partial charge is 0.393 e. The molecular weight excluding hydrogens is 698 g/mol. The first kappa shape index (κ1) is 36.0. The van der Waals surface area contributed by atoms with E-state index in [1.54, 1.807) is 20.2 Å². The summed E-state index contributed by atoms with van der Waals surface area (Å²) in [6, 6.07) is 10.7. The SMILES string of the molecule is CNc1nc(N2CCC3(CCN(Cc4ccc5c(cc(C#N)n5CC(C)N5CCN(S(=O)NC)CC5)c4C)C3)C2)c2cc(CC(F)(F)F)sc2n1. The van der Waals surface area contributed by atoms with Crippen LogP contribution in [0.3, 0.4) is 0 Å². The Balaban J connectivity index is 1.03. The van der Waals surface area contributed by atoms with Crippen molar-refractivity contribution in [3.63, 3.8) is 0 Å². The van der Waals surface area contributed by atoms with Gasteiger partial charge >= 0.3 is 6.18 Å². The van der Waals surface area contributed by atoms with Crippen LogP contribution in [0.5, 0.6) is 0 Å². The summed E-state index contributed by atoms with van der Waals surface area (Å²) >= 11 is -0.0686. The first-order chi connectivity index (χ1) is 24.4. The number of fused-ring (bicyclic) bond motifs is 2. The average Bonchev–Trinajstić information content (AvgIpc) is 3.90. The third-order valence-electron chi connectivity index (χ3n) is 11.0. The van der Waals surface area contributed by atoms with E-state index < -0.39 is 23.8 Å². The van der Waals surface area contributed by atoms with Gasteiger partial charge in [0.15, 0.2) is 11.2 Å². The van der Waals surface area contributed by atoms with Gasteiger partial charge in [-0.1, -0.05) is 6.07 Å².